The van der Waals surface area contributed by atoms with Crippen LogP contribution < -0.4 is 15.4 Å². The van der Waals surface area contributed by atoms with E-state index in [4.69, 9.17) is 4.74 Å². The molecule has 2 N–H and O–H groups in total. The fraction of sp³-hybridized carbons (Fsp3) is 0.462. The van der Waals surface area contributed by atoms with Crippen LogP contribution in [0.3, 0.4) is 0 Å². The second kappa shape index (κ2) is 7.66. The van der Waals surface area contributed by atoms with E-state index in [0.717, 1.165) is 5.56 Å². The number of amides is 1. The summed E-state index contributed by atoms with van der Waals surface area (Å²) in [5.74, 6) is 0.162. The number of nitrogens with one attached hydrogen (secondary N) is 2. The van der Waals surface area contributed by atoms with Crippen molar-refractivity contribution in [3.05, 3.63) is 29.6 Å². The summed E-state index contributed by atoms with van der Waals surface area (Å²) in [5, 5.41) is 5.49. The predicted molar refractivity (Wildman–Crippen MR) is 68.0 cm³/mol. The van der Waals surface area contributed by atoms with E-state index in [9.17, 15) is 9.18 Å². The minimum Gasteiger partial charge on any atom is -0.493 e. The van der Waals surface area contributed by atoms with Crippen molar-refractivity contribution in [1.29, 1.82) is 0 Å². The third-order valence-corrected chi connectivity index (χ3v) is 2.41. The summed E-state index contributed by atoms with van der Waals surface area (Å²) >= 11 is 0. The molecule has 0 saturated carbocycles. The highest BCUT2D eigenvalue weighted by atomic mass is 19.1. The van der Waals surface area contributed by atoms with Crippen molar-refractivity contribution in [2.45, 2.75) is 19.4 Å². The number of carbonyl (C=O) groups is 1. The monoisotopic (exact) mass is 254 g/mol. The Balaban J connectivity index is 2.44. The number of ether oxygens (including phenoxy) is 1. The molecule has 0 aliphatic carbocycles. The average molecular weight is 254 g/mol. The molecule has 4 nitrogen and oxygen atoms in total. The number of hydrogen-bond donors (Lipinski definition) is 2. The van der Waals surface area contributed by atoms with Gasteiger partial charge in [0.05, 0.1) is 6.61 Å². The number of halogens is 1. The Kier molecular flexibility index (Phi) is 6.14. The van der Waals surface area contributed by atoms with E-state index >= 15 is 0 Å². The molecule has 0 bridgehead atoms. The Labute approximate surface area is 107 Å². The average Bonchev–Trinajstić information content (AvgIpc) is 2.34. The van der Waals surface area contributed by atoms with Crippen LogP contribution in [-0.4, -0.2) is 26.6 Å². The Morgan fingerprint density at radius 2 is 2.11 bits per heavy atom. The third kappa shape index (κ3) is 5.14. The summed E-state index contributed by atoms with van der Waals surface area (Å²) in [4.78, 5) is 11.0. The van der Waals surface area contributed by atoms with E-state index in [1.165, 1.54) is 12.1 Å². The van der Waals surface area contributed by atoms with E-state index < -0.39 is 0 Å². The summed E-state index contributed by atoms with van der Waals surface area (Å²) in [6.45, 7) is 0.988. The van der Waals surface area contributed by atoms with Gasteiger partial charge in [-0.25, -0.2) is 4.39 Å². The highest BCUT2D eigenvalue weighted by Gasteiger charge is 2.02. The first kappa shape index (κ1) is 14.4. The minimum absolute atomic E-state index is 0.0197. The number of benzene rings is 1. The molecule has 5 heteroatoms. The lowest BCUT2D eigenvalue weighted by Gasteiger charge is -2.08. The van der Waals surface area contributed by atoms with Crippen LogP contribution >= 0.6 is 0 Å². The van der Waals surface area contributed by atoms with Crippen LogP contribution in [0, 0.1) is 5.82 Å². The second-order valence-electron chi connectivity index (χ2n) is 3.95. The van der Waals surface area contributed by atoms with Crippen molar-refractivity contribution in [2.75, 3.05) is 20.7 Å². The molecule has 0 aliphatic heterocycles. The molecular weight excluding hydrogens is 235 g/mol. The van der Waals surface area contributed by atoms with Crippen LogP contribution in [0.15, 0.2) is 18.2 Å². The molecule has 0 unspecified atom stereocenters. The quantitative estimate of drug-likeness (QED) is 0.724. The van der Waals surface area contributed by atoms with Crippen LogP contribution in [-0.2, 0) is 11.3 Å². The van der Waals surface area contributed by atoms with Gasteiger partial charge in [-0.3, -0.25) is 4.79 Å². The van der Waals surface area contributed by atoms with Gasteiger partial charge in [0.25, 0.3) is 0 Å². The summed E-state index contributed by atoms with van der Waals surface area (Å²) < 4.78 is 18.7. The van der Waals surface area contributed by atoms with E-state index in [-0.39, 0.29) is 11.7 Å². The molecule has 1 aromatic rings. The molecule has 1 rings (SSSR count). The smallest absolute Gasteiger partial charge is 0.219 e. The first-order chi connectivity index (χ1) is 8.65. The zero-order chi connectivity index (χ0) is 13.4. The molecule has 0 fully saturated rings. The van der Waals surface area contributed by atoms with Crippen molar-refractivity contribution >= 4 is 5.91 Å². The van der Waals surface area contributed by atoms with E-state index in [2.05, 4.69) is 10.6 Å². The lowest BCUT2D eigenvalue weighted by atomic mass is 10.2. The normalized spacial score (nSPS) is 10.2. The summed E-state index contributed by atoms with van der Waals surface area (Å²) in [6.07, 6.45) is 1.02. The zero-order valence-corrected chi connectivity index (χ0v) is 10.8. The van der Waals surface area contributed by atoms with Crippen molar-refractivity contribution in [3.63, 3.8) is 0 Å². The minimum atomic E-state index is -0.316. The first-order valence-electron chi connectivity index (χ1n) is 5.93. The van der Waals surface area contributed by atoms with E-state index in [0.29, 0.717) is 31.7 Å². The Morgan fingerprint density at radius 3 is 2.78 bits per heavy atom. The maximum atomic E-state index is 13.3. The van der Waals surface area contributed by atoms with Gasteiger partial charge in [0, 0.05) is 26.1 Å². The molecule has 0 saturated heterocycles. The lowest BCUT2D eigenvalue weighted by molar-refractivity contribution is -0.120. The van der Waals surface area contributed by atoms with Gasteiger partial charge in [0.1, 0.15) is 11.6 Å². The second-order valence-corrected chi connectivity index (χ2v) is 3.95. The number of carbonyl (C=O) groups excluding carboxylic acids is 1. The van der Waals surface area contributed by atoms with Gasteiger partial charge < -0.3 is 15.4 Å². The molecule has 0 radical (unpaired) electrons. The fourth-order valence-corrected chi connectivity index (χ4v) is 1.56. The van der Waals surface area contributed by atoms with Gasteiger partial charge in [-0.05, 0) is 31.2 Å². The fourth-order valence-electron chi connectivity index (χ4n) is 1.56. The van der Waals surface area contributed by atoms with Crippen LogP contribution in [0.5, 0.6) is 5.75 Å². The van der Waals surface area contributed by atoms with Gasteiger partial charge in [0.2, 0.25) is 5.91 Å². The van der Waals surface area contributed by atoms with Gasteiger partial charge in [-0.15, -0.1) is 0 Å². The summed E-state index contributed by atoms with van der Waals surface area (Å²) in [5.41, 5.74) is 0.832. The first-order valence-corrected chi connectivity index (χ1v) is 5.93. The topological polar surface area (TPSA) is 50.4 Å². The largest absolute Gasteiger partial charge is 0.493 e. The number of hydrogen-bond acceptors (Lipinski definition) is 3. The Bertz CT molecular complexity index is 397. The van der Waals surface area contributed by atoms with Crippen LogP contribution in [0.2, 0.25) is 0 Å². The van der Waals surface area contributed by atoms with E-state index in [1.54, 1.807) is 20.2 Å². The maximum absolute atomic E-state index is 13.3. The SMILES string of the molecule is CNCc1cc(F)cc(OCCCC(=O)NC)c1. The molecule has 0 heterocycles. The van der Waals surface area contributed by atoms with Crippen molar-refractivity contribution < 1.29 is 13.9 Å². The van der Waals surface area contributed by atoms with Gasteiger partial charge in [0.15, 0.2) is 0 Å². The molecule has 0 aliphatic rings. The lowest BCUT2D eigenvalue weighted by Crippen LogP contribution is -2.18. The molecule has 18 heavy (non-hydrogen) atoms. The molecule has 0 spiro atoms. The molecule has 100 valence electrons. The van der Waals surface area contributed by atoms with Gasteiger partial charge in [-0.1, -0.05) is 0 Å². The Hall–Kier alpha value is -1.62. The van der Waals surface area contributed by atoms with Crippen molar-refractivity contribution in [1.82, 2.24) is 10.6 Å². The standard InChI is InChI=1S/C13H19FN2O2/c1-15-9-10-6-11(14)8-12(7-10)18-5-3-4-13(17)16-2/h6-8,15H,3-5,9H2,1-2H3,(H,16,17). The van der Waals surface area contributed by atoms with Crippen molar-refractivity contribution in [2.24, 2.45) is 0 Å². The Morgan fingerprint density at radius 1 is 1.33 bits per heavy atom. The highest BCUT2D eigenvalue weighted by molar-refractivity contribution is 5.75. The number of rotatable bonds is 7. The van der Waals surface area contributed by atoms with E-state index in [1.807, 2.05) is 0 Å². The van der Waals surface area contributed by atoms with Crippen LogP contribution in [0.4, 0.5) is 4.39 Å². The van der Waals surface area contributed by atoms with Gasteiger partial charge in [-0.2, -0.15) is 0 Å². The zero-order valence-electron chi connectivity index (χ0n) is 10.8. The molecule has 0 atom stereocenters. The highest BCUT2D eigenvalue weighted by Crippen LogP contribution is 2.16. The summed E-state index contributed by atoms with van der Waals surface area (Å²) in [6, 6.07) is 4.60. The molecular formula is C13H19FN2O2. The molecule has 1 aromatic carbocycles. The molecule has 0 aromatic heterocycles. The van der Waals surface area contributed by atoms with Gasteiger partial charge >= 0.3 is 0 Å². The van der Waals surface area contributed by atoms with Crippen LogP contribution in [0.1, 0.15) is 18.4 Å². The maximum Gasteiger partial charge on any atom is 0.219 e. The van der Waals surface area contributed by atoms with Crippen molar-refractivity contribution in [3.8, 4) is 5.75 Å². The van der Waals surface area contributed by atoms with Crippen LogP contribution in [0.25, 0.3) is 0 Å². The molecule has 1 amide bonds. The third-order valence-electron chi connectivity index (χ3n) is 2.41. The predicted octanol–water partition coefficient (Wildman–Crippen LogP) is 1.45. The summed E-state index contributed by atoms with van der Waals surface area (Å²) in [7, 11) is 3.40.